The number of aliphatic hydroxyl groups excluding tert-OH is 1. The Bertz CT molecular complexity index is 542. The molecule has 0 unspecified atom stereocenters. The molecule has 5 heteroatoms. The summed E-state index contributed by atoms with van der Waals surface area (Å²) in [7, 11) is 5.30. The molecule has 0 spiro atoms. The Hall–Kier alpha value is -1.46. The zero-order valence-electron chi connectivity index (χ0n) is 14.3. The molecule has 4 nitrogen and oxygen atoms in total. The molecule has 2 rings (SSSR count). The number of hydrogen-bond donors (Lipinski definition) is 1. The molecule has 0 heterocycles. The van der Waals surface area contributed by atoms with Crippen LogP contribution in [0.25, 0.3) is 0 Å². The highest BCUT2D eigenvalue weighted by Crippen LogP contribution is 2.38. The lowest BCUT2D eigenvalue weighted by molar-refractivity contribution is -0.137. The van der Waals surface area contributed by atoms with Crippen molar-refractivity contribution in [3.63, 3.8) is 0 Å². The maximum Gasteiger partial charge on any atom is 0.244 e. The number of benzene rings is 1. The Labute approximate surface area is 137 Å². The number of aliphatic hydroxyl groups is 1. The van der Waals surface area contributed by atoms with Gasteiger partial charge < -0.3 is 10.0 Å². The Morgan fingerprint density at radius 1 is 1.26 bits per heavy atom. The minimum atomic E-state index is -0.654. The number of likely N-dealkylation sites (N-methyl/N-ethyl adjacent to an activating group) is 2. The smallest absolute Gasteiger partial charge is 0.244 e. The van der Waals surface area contributed by atoms with E-state index in [9.17, 15) is 14.3 Å². The topological polar surface area (TPSA) is 43.8 Å². The summed E-state index contributed by atoms with van der Waals surface area (Å²) < 4.78 is 14.1. The molecule has 1 aliphatic carbocycles. The number of amides is 1. The maximum absolute atomic E-state index is 14.1. The van der Waals surface area contributed by atoms with Crippen LogP contribution in [0.3, 0.4) is 0 Å². The van der Waals surface area contributed by atoms with Crippen LogP contribution >= 0.6 is 0 Å². The van der Waals surface area contributed by atoms with Crippen molar-refractivity contribution in [1.29, 1.82) is 0 Å². The zero-order chi connectivity index (χ0) is 17.0. The van der Waals surface area contributed by atoms with Crippen LogP contribution in [0.15, 0.2) is 24.3 Å². The summed E-state index contributed by atoms with van der Waals surface area (Å²) in [5.74, 6) is -0.509. The normalized spacial score (nSPS) is 18.2. The number of rotatable bonds is 6. The van der Waals surface area contributed by atoms with Gasteiger partial charge >= 0.3 is 0 Å². The molecule has 1 fully saturated rings. The third-order valence-electron chi connectivity index (χ3n) is 4.90. The minimum Gasteiger partial charge on any atom is -0.396 e. The summed E-state index contributed by atoms with van der Waals surface area (Å²) in [5, 5.41) is 9.75. The Morgan fingerprint density at radius 2 is 1.87 bits per heavy atom. The number of hydrogen-bond acceptors (Lipinski definition) is 3. The van der Waals surface area contributed by atoms with Crippen LogP contribution in [0, 0.1) is 11.2 Å². The van der Waals surface area contributed by atoms with Gasteiger partial charge in [0.2, 0.25) is 5.91 Å². The molecular weight excluding hydrogens is 295 g/mol. The van der Waals surface area contributed by atoms with E-state index in [1.165, 1.54) is 6.07 Å². The van der Waals surface area contributed by atoms with Gasteiger partial charge in [-0.2, -0.15) is 0 Å². The van der Waals surface area contributed by atoms with Gasteiger partial charge in [-0.1, -0.05) is 31.0 Å². The van der Waals surface area contributed by atoms with Crippen LogP contribution in [-0.4, -0.2) is 55.1 Å². The summed E-state index contributed by atoms with van der Waals surface area (Å²) in [6, 6.07) is 5.75. The largest absolute Gasteiger partial charge is 0.396 e. The predicted octanol–water partition coefficient (Wildman–Crippen LogP) is 2.44. The van der Waals surface area contributed by atoms with Gasteiger partial charge in [0.05, 0.1) is 6.61 Å². The highest BCUT2D eigenvalue weighted by Gasteiger charge is 2.37. The van der Waals surface area contributed by atoms with Crippen LogP contribution in [0.2, 0.25) is 0 Å². The molecule has 0 bridgehead atoms. The Morgan fingerprint density at radius 3 is 2.39 bits per heavy atom. The van der Waals surface area contributed by atoms with E-state index in [1.54, 1.807) is 49.1 Å². The van der Waals surface area contributed by atoms with Crippen molar-refractivity contribution in [1.82, 2.24) is 9.80 Å². The fourth-order valence-corrected chi connectivity index (χ4v) is 3.61. The quantitative estimate of drug-likeness (QED) is 0.875. The van der Waals surface area contributed by atoms with Crippen molar-refractivity contribution in [3.8, 4) is 0 Å². The minimum absolute atomic E-state index is 0.0942. The molecule has 0 saturated heterocycles. The predicted molar refractivity (Wildman–Crippen MR) is 88.5 cm³/mol. The summed E-state index contributed by atoms with van der Waals surface area (Å²) in [6.07, 6.45) is 4.06. The van der Waals surface area contributed by atoms with E-state index in [-0.39, 0.29) is 23.7 Å². The van der Waals surface area contributed by atoms with E-state index in [4.69, 9.17) is 0 Å². The van der Waals surface area contributed by atoms with Crippen molar-refractivity contribution in [3.05, 3.63) is 35.6 Å². The van der Waals surface area contributed by atoms with Gasteiger partial charge in [-0.25, -0.2) is 4.39 Å². The molecular formula is C18H27FN2O2. The van der Waals surface area contributed by atoms with Crippen molar-refractivity contribution in [2.45, 2.75) is 31.7 Å². The van der Waals surface area contributed by atoms with E-state index < -0.39 is 6.04 Å². The van der Waals surface area contributed by atoms with E-state index in [2.05, 4.69) is 0 Å². The second-order valence-electron chi connectivity index (χ2n) is 6.95. The average Bonchev–Trinajstić information content (AvgIpc) is 2.98. The van der Waals surface area contributed by atoms with Crippen molar-refractivity contribution in [2.24, 2.45) is 5.41 Å². The van der Waals surface area contributed by atoms with Crippen LogP contribution in [0.5, 0.6) is 0 Å². The molecule has 1 atom stereocenters. The molecule has 128 valence electrons. The van der Waals surface area contributed by atoms with Gasteiger partial charge in [0.1, 0.15) is 11.9 Å². The number of carbonyl (C=O) groups excluding carboxylic acids is 1. The molecule has 1 saturated carbocycles. The Kier molecular flexibility index (Phi) is 5.76. The van der Waals surface area contributed by atoms with E-state index >= 15 is 0 Å². The van der Waals surface area contributed by atoms with Crippen LogP contribution < -0.4 is 0 Å². The molecule has 0 aromatic heterocycles. The number of carbonyl (C=O) groups is 1. The van der Waals surface area contributed by atoms with Crippen molar-refractivity contribution in [2.75, 3.05) is 34.3 Å². The highest BCUT2D eigenvalue weighted by atomic mass is 19.1. The lowest BCUT2D eigenvalue weighted by Crippen LogP contribution is -2.44. The van der Waals surface area contributed by atoms with Gasteiger partial charge in [0.25, 0.3) is 0 Å². The molecule has 0 radical (unpaired) electrons. The third-order valence-corrected chi connectivity index (χ3v) is 4.90. The molecule has 1 aromatic rings. The fraction of sp³-hybridized carbons (Fsp3) is 0.611. The molecule has 0 aliphatic heterocycles. The van der Waals surface area contributed by atoms with Gasteiger partial charge in [0.15, 0.2) is 0 Å². The number of halogens is 1. The Balaban J connectivity index is 2.19. The lowest BCUT2D eigenvalue weighted by atomic mass is 9.86. The molecule has 1 N–H and O–H groups in total. The first kappa shape index (κ1) is 17.9. The zero-order valence-corrected chi connectivity index (χ0v) is 14.3. The van der Waals surface area contributed by atoms with Crippen LogP contribution in [-0.2, 0) is 4.79 Å². The summed E-state index contributed by atoms with van der Waals surface area (Å²) >= 11 is 0. The van der Waals surface area contributed by atoms with E-state index in [1.807, 2.05) is 0 Å². The second kappa shape index (κ2) is 7.41. The fourth-order valence-electron chi connectivity index (χ4n) is 3.61. The summed E-state index contributed by atoms with van der Waals surface area (Å²) in [5.41, 5.74) is 0.190. The van der Waals surface area contributed by atoms with Gasteiger partial charge in [-0.05, 0) is 33.0 Å². The molecule has 1 aromatic carbocycles. The van der Waals surface area contributed by atoms with Crippen LogP contribution in [0.4, 0.5) is 4.39 Å². The first-order valence-corrected chi connectivity index (χ1v) is 8.17. The highest BCUT2D eigenvalue weighted by molar-refractivity contribution is 5.83. The number of nitrogens with zero attached hydrogens (tertiary/aromatic N) is 2. The molecule has 1 amide bonds. The SMILES string of the molecule is CN(CC1(CO)CCCC1)C(=O)[C@@H](c1ccccc1F)N(C)C. The van der Waals surface area contributed by atoms with Gasteiger partial charge in [0, 0.05) is 24.6 Å². The standard InChI is InChI=1S/C18H27FN2O2/c1-20(2)16(14-8-4-5-9-15(14)19)17(23)21(3)12-18(13-22)10-6-7-11-18/h4-5,8-9,16,22H,6-7,10-13H2,1-3H3/t16-/m1/s1. The van der Waals surface area contributed by atoms with Crippen molar-refractivity contribution >= 4 is 5.91 Å². The second-order valence-corrected chi connectivity index (χ2v) is 6.95. The molecule has 23 heavy (non-hydrogen) atoms. The monoisotopic (exact) mass is 322 g/mol. The first-order valence-electron chi connectivity index (χ1n) is 8.17. The maximum atomic E-state index is 14.1. The third kappa shape index (κ3) is 3.90. The van der Waals surface area contributed by atoms with Crippen molar-refractivity contribution < 1.29 is 14.3 Å². The lowest BCUT2D eigenvalue weighted by Gasteiger charge is -2.35. The first-order chi connectivity index (χ1) is 10.9. The summed E-state index contributed by atoms with van der Waals surface area (Å²) in [6.45, 7) is 0.609. The van der Waals surface area contributed by atoms with Gasteiger partial charge in [-0.3, -0.25) is 9.69 Å². The van der Waals surface area contributed by atoms with E-state index in [0.717, 1.165) is 25.7 Å². The average molecular weight is 322 g/mol. The van der Waals surface area contributed by atoms with Crippen LogP contribution in [0.1, 0.15) is 37.3 Å². The summed E-state index contributed by atoms with van der Waals surface area (Å²) in [4.78, 5) is 16.3. The van der Waals surface area contributed by atoms with Gasteiger partial charge in [-0.15, -0.1) is 0 Å². The van der Waals surface area contributed by atoms with E-state index in [0.29, 0.717) is 12.1 Å². The molecule has 1 aliphatic rings.